The van der Waals surface area contributed by atoms with Crippen LogP contribution in [0, 0.1) is 30.3 Å². The summed E-state index contributed by atoms with van der Waals surface area (Å²) in [5.74, 6) is -0.595. The SMILES string of the molecule is CCCCOC(=O)c1cc([N+](=O)[O-])cc2c1-c1c(cc([N+](=O)[O-])cc1[N+](=O)[O-])/C2=C/c1ccco1. The molecule has 1 aliphatic carbocycles. The predicted molar refractivity (Wildman–Crippen MR) is 123 cm³/mol. The molecule has 1 heterocycles. The minimum atomic E-state index is -0.892. The summed E-state index contributed by atoms with van der Waals surface area (Å²) < 4.78 is 10.6. The third kappa shape index (κ3) is 4.24. The summed E-state index contributed by atoms with van der Waals surface area (Å²) in [4.78, 5) is 45.9. The first-order chi connectivity index (χ1) is 16.7. The van der Waals surface area contributed by atoms with Crippen LogP contribution >= 0.6 is 0 Å². The molecule has 0 amide bonds. The van der Waals surface area contributed by atoms with E-state index in [2.05, 4.69) is 0 Å². The monoisotopic (exact) mass is 479 g/mol. The number of esters is 1. The lowest BCUT2D eigenvalue weighted by atomic mass is 9.97. The number of non-ortho nitro benzene ring substituents is 2. The zero-order chi connectivity index (χ0) is 25.3. The summed E-state index contributed by atoms with van der Waals surface area (Å²) in [6.45, 7) is 1.94. The summed E-state index contributed by atoms with van der Waals surface area (Å²) in [7, 11) is 0. The van der Waals surface area contributed by atoms with Gasteiger partial charge in [-0.3, -0.25) is 30.3 Å². The van der Waals surface area contributed by atoms with Crippen LogP contribution in [0.15, 0.2) is 47.1 Å². The van der Waals surface area contributed by atoms with Gasteiger partial charge in [0.25, 0.3) is 17.1 Å². The molecule has 0 bridgehead atoms. The van der Waals surface area contributed by atoms with Crippen LogP contribution in [0.25, 0.3) is 22.8 Å². The number of nitro groups is 3. The molecule has 0 aliphatic heterocycles. The fraction of sp³-hybridized carbons (Fsp3) is 0.174. The Labute approximate surface area is 196 Å². The van der Waals surface area contributed by atoms with Crippen molar-refractivity contribution in [2.45, 2.75) is 19.8 Å². The van der Waals surface area contributed by atoms with Gasteiger partial charge in [-0.15, -0.1) is 0 Å². The van der Waals surface area contributed by atoms with Gasteiger partial charge >= 0.3 is 5.97 Å². The molecular formula is C23H17N3O9. The first-order valence-electron chi connectivity index (χ1n) is 10.5. The van der Waals surface area contributed by atoms with E-state index in [1.54, 1.807) is 12.1 Å². The van der Waals surface area contributed by atoms with Gasteiger partial charge in [-0.1, -0.05) is 13.3 Å². The molecule has 4 rings (SSSR count). The largest absolute Gasteiger partial charge is 0.465 e. The van der Waals surface area contributed by atoms with E-state index in [0.717, 1.165) is 24.6 Å². The van der Waals surface area contributed by atoms with Gasteiger partial charge in [-0.2, -0.15) is 0 Å². The van der Waals surface area contributed by atoms with Gasteiger partial charge < -0.3 is 9.15 Å². The van der Waals surface area contributed by atoms with Crippen molar-refractivity contribution in [3.63, 3.8) is 0 Å². The Hall–Kier alpha value is -4.87. The van der Waals surface area contributed by atoms with Crippen LogP contribution < -0.4 is 0 Å². The maximum absolute atomic E-state index is 13.0. The highest BCUT2D eigenvalue weighted by Gasteiger charge is 2.38. The van der Waals surface area contributed by atoms with E-state index in [9.17, 15) is 35.1 Å². The summed E-state index contributed by atoms with van der Waals surface area (Å²) in [5, 5.41) is 35.1. The van der Waals surface area contributed by atoms with Crippen LogP contribution in [0.5, 0.6) is 0 Å². The normalized spacial score (nSPS) is 12.8. The second-order valence-corrected chi connectivity index (χ2v) is 7.64. The van der Waals surface area contributed by atoms with E-state index in [1.165, 1.54) is 18.4 Å². The quantitative estimate of drug-likeness (QED) is 0.136. The maximum atomic E-state index is 13.0. The summed E-state index contributed by atoms with van der Waals surface area (Å²) >= 11 is 0. The molecule has 2 aromatic carbocycles. The van der Waals surface area contributed by atoms with Gasteiger partial charge in [0.15, 0.2) is 0 Å². The molecular weight excluding hydrogens is 462 g/mol. The smallest absolute Gasteiger partial charge is 0.339 e. The maximum Gasteiger partial charge on any atom is 0.339 e. The van der Waals surface area contributed by atoms with E-state index >= 15 is 0 Å². The number of rotatable bonds is 8. The molecule has 0 N–H and O–H groups in total. The third-order valence-corrected chi connectivity index (χ3v) is 5.45. The molecule has 0 fully saturated rings. The van der Waals surface area contributed by atoms with Gasteiger partial charge in [-0.05, 0) is 35.8 Å². The number of benzene rings is 2. The molecule has 1 aliphatic rings. The number of fused-ring (bicyclic) bond motifs is 3. The van der Waals surface area contributed by atoms with E-state index in [-0.39, 0.29) is 40.0 Å². The molecule has 0 saturated carbocycles. The average molecular weight is 479 g/mol. The molecule has 0 unspecified atom stereocenters. The van der Waals surface area contributed by atoms with Crippen molar-refractivity contribution in [2.24, 2.45) is 0 Å². The second kappa shape index (κ2) is 9.17. The zero-order valence-electron chi connectivity index (χ0n) is 18.3. The van der Waals surface area contributed by atoms with Gasteiger partial charge in [-0.25, -0.2) is 4.79 Å². The lowest BCUT2D eigenvalue weighted by Crippen LogP contribution is -2.09. The Balaban J connectivity index is 2.09. The fourth-order valence-corrected chi connectivity index (χ4v) is 3.91. The van der Waals surface area contributed by atoms with Crippen molar-refractivity contribution in [3.8, 4) is 11.1 Å². The highest BCUT2D eigenvalue weighted by molar-refractivity contribution is 6.14. The van der Waals surface area contributed by atoms with Crippen LogP contribution in [0.3, 0.4) is 0 Å². The van der Waals surface area contributed by atoms with Gasteiger partial charge in [0.1, 0.15) is 5.76 Å². The predicted octanol–water partition coefficient (Wildman–Crippen LogP) is 5.53. The number of unbranched alkanes of at least 4 members (excludes halogenated alkanes) is 1. The van der Waals surface area contributed by atoms with Gasteiger partial charge in [0.2, 0.25) is 0 Å². The van der Waals surface area contributed by atoms with Crippen LogP contribution in [0.1, 0.15) is 47.0 Å². The Morgan fingerprint density at radius 1 is 0.971 bits per heavy atom. The van der Waals surface area contributed by atoms with E-state index in [4.69, 9.17) is 9.15 Å². The summed E-state index contributed by atoms with van der Waals surface area (Å²) in [6.07, 6.45) is 4.11. The summed E-state index contributed by atoms with van der Waals surface area (Å²) in [6, 6.07) is 7.26. The number of carbonyl (C=O) groups is 1. The number of hydrogen-bond acceptors (Lipinski definition) is 9. The standard InChI is InChI=1S/C23H17N3O9/c1-2-3-6-35-23(27)19-10-13(24(28)29)8-17-16(12-15-5-4-7-34-15)18-9-14(25(30)31)11-20(26(32)33)22(18)21(17)19/h4-5,7-12H,2-3,6H2,1H3/b16-12+. The Morgan fingerprint density at radius 3 is 2.20 bits per heavy atom. The Kier molecular flexibility index (Phi) is 6.10. The van der Waals surface area contributed by atoms with Crippen molar-refractivity contribution in [2.75, 3.05) is 6.61 Å². The molecule has 12 heteroatoms. The average Bonchev–Trinajstić information content (AvgIpc) is 3.44. The first kappa shape index (κ1) is 23.3. The number of hydrogen-bond donors (Lipinski definition) is 0. The molecule has 0 spiro atoms. The highest BCUT2D eigenvalue weighted by atomic mass is 16.6. The number of furan rings is 1. The number of carbonyl (C=O) groups excluding carboxylic acids is 1. The number of nitrogens with zero attached hydrogens (tertiary/aromatic N) is 3. The molecule has 0 saturated heterocycles. The van der Waals surface area contributed by atoms with E-state index < -0.39 is 37.8 Å². The molecule has 12 nitrogen and oxygen atoms in total. The number of ether oxygens (including phenoxy) is 1. The molecule has 1 aromatic heterocycles. The van der Waals surface area contributed by atoms with Crippen molar-refractivity contribution in [1.82, 2.24) is 0 Å². The van der Waals surface area contributed by atoms with Gasteiger partial charge in [0, 0.05) is 29.3 Å². The van der Waals surface area contributed by atoms with Crippen LogP contribution in [-0.4, -0.2) is 27.3 Å². The Bertz CT molecular complexity index is 1410. The molecule has 178 valence electrons. The van der Waals surface area contributed by atoms with Crippen molar-refractivity contribution in [1.29, 1.82) is 0 Å². The van der Waals surface area contributed by atoms with Crippen molar-refractivity contribution >= 4 is 34.7 Å². The second-order valence-electron chi connectivity index (χ2n) is 7.64. The van der Waals surface area contributed by atoms with E-state index in [0.29, 0.717) is 12.2 Å². The van der Waals surface area contributed by atoms with Crippen molar-refractivity contribution in [3.05, 3.63) is 95.5 Å². The topological polar surface area (TPSA) is 169 Å². The molecule has 0 radical (unpaired) electrons. The minimum absolute atomic E-state index is 0.0338. The van der Waals surface area contributed by atoms with Crippen molar-refractivity contribution < 1.29 is 28.7 Å². The summed E-state index contributed by atoms with van der Waals surface area (Å²) in [5.41, 5.74) is -1.49. The minimum Gasteiger partial charge on any atom is -0.465 e. The van der Waals surface area contributed by atoms with Gasteiger partial charge in [0.05, 0.1) is 44.8 Å². The van der Waals surface area contributed by atoms with Crippen LogP contribution in [-0.2, 0) is 4.74 Å². The number of nitro benzene ring substituents is 3. The van der Waals surface area contributed by atoms with Crippen LogP contribution in [0.2, 0.25) is 0 Å². The molecule has 3 aromatic rings. The molecule has 0 atom stereocenters. The lowest BCUT2D eigenvalue weighted by molar-refractivity contribution is -0.393. The lowest BCUT2D eigenvalue weighted by Gasteiger charge is -2.10. The van der Waals surface area contributed by atoms with Crippen LogP contribution in [0.4, 0.5) is 17.1 Å². The highest BCUT2D eigenvalue weighted by Crippen LogP contribution is 2.53. The van der Waals surface area contributed by atoms with E-state index in [1.807, 2.05) is 6.92 Å². The fourth-order valence-electron chi connectivity index (χ4n) is 3.91. The third-order valence-electron chi connectivity index (χ3n) is 5.45. The zero-order valence-corrected chi connectivity index (χ0v) is 18.3. The Morgan fingerprint density at radius 2 is 1.63 bits per heavy atom. The molecule has 35 heavy (non-hydrogen) atoms. The first-order valence-corrected chi connectivity index (χ1v) is 10.5.